The smallest absolute Gasteiger partial charge is 0.331 e. The molecule has 0 aromatic heterocycles. The first-order valence-corrected chi connectivity index (χ1v) is 8.66. The fourth-order valence-electron chi connectivity index (χ4n) is 1.98. The van der Waals surface area contributed by atoms with E-state index in [1.807, 2.05) is 24.3 Å². The molecule has 0 bridgehead atoms. The van der Waals surface area contributed by atoms with Gasteiger partial charge in [0.15, 0.2) is 6.29 Å². The third kappa shape index (κ3) is 6.02. The lowest BCUT2D eigenvalue weighted by Crippen LogP contribution is -2.11. The molecule has 0 amide bonds. The maximum atomic E-state index is 12.2. The van der Waals surface area contributed by atoms with E-state index in [0.29, 0.717) is 11.3 Å². The summed E-state index contributed by atoms with van der Waals surface area (Å²) in [6.45, 7) is 4.26. The van der Waals surface area contributed by atoms with Crippen LogP contribution >= 0.6 is 11.8 Å². The van der Waals surface area contributed by atoms with Crippen LogP contribution in [-0.4, -0.2) is 28.9 Å². The van der Waals surface area contributed by atoms with Crippen LogP contribution in [0.5, 0.6) is 5.75 Å². The standard InChI is InChI=1S/C19H19NO5S/c1-12(20-25-14(3)22)19(23)15-4-8-17(9-5-15)26-18-10-6-16(7-11-18)24-13(2)21/h4-11,13,21H,1-3H3/b20-12+. The van der Waals surface area contributed by atoms with Gasteiger partial charge < -0.3 is 14.7 Å². The van der Waals surface area contributed by atoms with Crippen LogP contribution in [0.1, 0.15) is 31.1 Å². The topological polar surface area (TPSA) is 85.2 Å². The zero-order valence-electron chi connectivity index (χ0n) is 14.6. The van der Waals surface area contributed by atoms with Gasteiger partial charge in [-0.25, -0.2) is 4.79 Å². The van der Waals surface area contributed by atoms with Crippen molar-refractivity contribution in [2.24, 2.45) is 5.16 Å². The third-order valence-corrected chi connectivity index (χ3v) is 4.14. The average Bonchev–Trinajstić information content (AvgIpc) is 2.61. The summed E-state index contributed by atoms with van der Waals surface area (Å²) in [4.78, 5) is 29.4. The van der Waals surface area contributed by atoms with Crippen molar-refractivity contribution in [2.75, 3.05) is 0 Å². The summed E-state index contributed by atoms with van der Waals surface area (Å²) in [6.07, 6.45) is -0.855. The molecular formula is C19H19NO5S. The zero-order valence-corrected chi connectivity index (χ0v) is 15.4. The number of benzene rings is 2. The first-order chi connectivity index (χ1) is 12.3. The minimum absolute atomic E-state index is 0.106. The fraction of sp³-hybridized carbons (Fsp3) is 0.211. The minimum atomic E-state index is -0.855. The maximum absolute atomic E-state index is 12.2. The van der Waals surface area contributed by atoms with Gasteiger partial charge in [0.25, 0.3) is 0 Å². The van der Waals surface area contributed by atoms with Crippen molar-refractivity contribution >= 4 is 29.2 Å². The molecule has 0 heterocycles. The van der Waals surface area contributed by atoms with Crippen LogP contribution < -0.4 is 4.74 Å². The predicted octanol–water partition coefficient (Wildman–Crippen LogP) is 3.68. The van der Waals surface area contributed by atoms with Crippen molar-refractivity contribution in [3.05, 3.63) is 54.1 Å². The van der Waals surface area contributed by atoms with Gasteiger partial charge in [0.05, 0.1) is 0 Å². The van der Waals surface area contributed by atoms with E-state index in [1.54, 1.807) is 31.2 Å². The lowest BCUT2D eigenvalue weighted by atomic mass is 10.1. The van der Waals surface area contributed by atoms with Gasteiger partial charge in [-0.1, -0.05) is 16.9 Å². The quantitative estimate of drug-likeness (QED) is 0.262. The van der Waals surface area contributed by atoms with Crippen LogP contribution in [0.2, 0.25) is 0 Å². The van der Waals surface area contributed by atoms with Crippen molar-refractivity contribution in [1.82, 2.24) is 0 Å². The van der Waals surface area contributed by atoms with Gasteiger partial charge in [-0.3, -0.25) is 4.79 Å². The van der Waals surface area contributed by atoms with Gasteiger partial charge in [0.2, 0.25) is 5.78 Å². The van der Waals surface area contributed by atoms with E-state index < -0.39 is 12.3 Å². The third-order valence-electron chi connectivity index (χ3n) is 3.12. The van der Waals surface area contributed by atoms with Crippen LogP contribution in [0.3, 0.4) is 0 Å². The van der Waals surface area contributed by atoms with E-state index in [4.69, 9.17) is 4.74 Å². The summed E-state index contributed by atoms with van der Waals surface area (Å²) in [6, 6.07) is 14.4. The highest BCUT2D eigenvalue weighted by Gasteiger charge is 2.11. The molecule has 7 heteroatoms. The molecule has 6 nitrogen and oxygen atoms in total. The largest absolute Gasteiger partial charge is 0.465 e. The number of Topliss-reactive ketones (excluding diaryl/α,β-unsaturated/α-hetero) is 1. The molecule has 26 heavy (non-hydrogen) atoms. The summed E-state index contributed by atoms with van der Waals surface area (Å²) in [5.74, 6) is -0.288. The van der Waals surface area contributed by atoms with Gasteiger partial charge in [0.1, 0.15) is 11.5 Å². The summed E-state index contributed by atoms with van der Waals surface area (Å²) in [5.41, 5.74) is 0.567. The van der Waals surface area contributed by atoms with E-state index in [1.165, 1.54) is 25.6 Å². The average molecular weight is 373 g/mol. The Hall–Kier alpha value is -2.64. The molecular weight excluding hydrogens is 354 g/mol. The lowest BCUT2D eigenvalue weighted by Gasteiger charge is -2.09. The second-order valence-electron chi connectivity index (χ2n) is 5.40. The Labute approximate surface area is 155 Å². The molecule has 0 spiro atoms. The highest BCUT2D eigenvalue weighted by atomic mass is 32.2. The van der Waals surface area contributed by atoms with Gasteiger partial charge in [-0.15, -0.1) is 0 Å². The number of oxime groups is 1. The SMILES string of the molecule is CC(=O)O/N=C(\C)C(=O)c1ccc(Sc2ccc(OC(C)O)cc2)cc1. The highest BCUT2D eigenvalue weighted by molar-refractivity contribution is 7.99. The van der Waals surface area contributed by atoms with E-state index in [2.05, 4.69) is 9.99 Å². The molecule has 0 saturated carbocycles. The number of ketones is 1. The molecule has 0 aliphatic heterocycles. The monoisotopic (exact) mass is 373 g/mol. The molecule has 0 fully saturated rings. The molecule has 136 valence electrons. The first kappa shape index (κ1) is 19.7. The van der Waals surface area contributed by atoms with E-state index in [9.17, 15) is 14.7 Å². The van der Waals surface area contributed by atoms with E-state index in [0.717, 1.165) is 9.79 Å². The molecule has 0 saturated heterocycles. The van der Waals surface area contributed by atoms with Crippen LogP contribution in [-0.2, 0) is 9.63 Å². The summed E-state index contributed by atoms with van der Waals surface area (Å²) in [7, 11) is 0. The molecule has 1 unspecified atom stereocenters. The Bertz CT molecular complexity index is 798. The molecule has 2 rings (SSSR count). The number of carbonyl (C=O) groups excluding carboxylic acids is 2. The molecule has 0 radical (unpaired) electrons. The van der Waals surface area contributed by atoms with Gasteiger partial charge >= 0.3 is 5.97 Å². The van der Waals surface area contributed by atoms with Crippen LogP contribution in [0.25, 0.3) is 0 Å². The number of carbonyl (C=O) groups is 2. The van der Waals surface area contributed by atoms with Crippen LogP contribution in [0, 0.1) is 0 Å². The number of hydrogen-bond donors (Lipinski definition) is 1. The minimum Gasteiger partial charge on any atom is -0.465 e. The van der Waals surface area contributed by atoms with E-state index >= 15 is 0 Å². The number of nitrogens with zero attached hydrogens (tertiary/aromatic N) is 1. The van der Waals surface area contributed by atoms with E-state index in [-0.39, 0.29) is 11.5 Å². The highest BCUT2D eigenvalue weighted by Crippen LogP contribution is 2.29. The number of aliphatic hydroxyl groups excluding tert-OH is 1. The zero-order chi connectivity index (χ0) is 19.1. The number of aliphatic hydroxyl groups is 1. The number of ether oxygens (including phenoxy) is 1. The van der Waals surface area contributed by atoms with Crippen molar-refractivity contribution in [3.8, 4) is 5.75 Å². The Morgan fingerprint density at radius 1 is 1.00 bits per heavy atom. The van der Waals surface area contributed by atoms with Crippen molar-refractivity contribution in [3.63, 3.8) is 0 Å². The summed E-state index contributed by atoms with van der Waals surface area (Å²) >= 11 is 1.53. The Morgan fingerprint density at radius 3 is 2.04 bits per heavy atom. The molecule has 1 atom stereocenters. The molecule has 0 aliphatic carbocycles. The Balaban J connectivity index is 2.02. The molecule has 0 aliphatic rings. The molecule has 2 aromatic carbocycles. The lowest BCUT2D eigenvalue weighted by molar-refractivity contribution is -0.140. The van der Waals surface area contributed by atoms with Crippen molar-refractivity contribution < 1.29 is 24.3 Å². The normalized spacial score (nSPS) is 12.4. The van der Waals surface area contributed by atoms with Crippen molar-refractivity contribution in [2.45, 2.75) is 36.9 Å². The molecule has 2 aromatic rings. The summed E-state index contributed by atoms with van der Waals surface area (Å²) in [5, 5.41) is 12.7. The van der Waals surface area contributed by atoms with Gasteiger partial charge in [-0.05, 0) is 62.4 Å². The Morgan fingerprint density at radius 2 is 1.54 bits per heavy atom. The van der Waals surface area contributed by atoms with Crippen molar-refractivity contribution in [1.29, 1.82) is 0 Å². The maximum Gasteiger partial charge on any atom is 0.331 e. The second kappa shape index (κ2) is 9.17. The van der Waals surface area contributed by atoms with Gasteiger partial charge in [-0.2, -0.15) is 0 Å². The molecule has 1 N–H and O–H groups in total. The Kier molecular flexibility index (Phi) is 6.94. The number of rotatable bonds is 7. The second-order valence-corrected chi connectivity index (χ2v) is 6.55. The number of hydrogen-bond acceptors (Lipinski definition) is 7. The first-order valence-electron chi connectivity index (χ1n) is 7.84. The van der Waals surface area contributed by atoms with Gasteiger partial charge in [0, 0.05) is 22.3 Å². The predicted molar refractivity (Wildman–Crippen MR) is 98.5 cm³/mol. The fourth-order valence-corrected chi connectivity index (χ4v) is 2.79. The summed E-state index contributed by atoms with van der Waals surface area (Å²) < 4.78 is 5.18. The van der Waals surface area contributed by atoms with Crippen LogP contribution in [0.4, 0.5) is 0 Å². The van der Waals surface area contributed by atoms with Crippen LogP contribution in [0.15, 0.2) is 63.5 Å².